The van der Waals surface area contributed by atoms with Gasteiger partial charge in [-0.05, 0) is 54.1 Å². The molecule has 0 N–H and O–H groups in total. The monoisotopic (exact) mass is 316 g/mol. The summed E-state index contributed by atoms with van der Waals surface area (Å²) in [6, 6.07) is 7.89. The van der Waals surface area contributed by atoms with E-state index in [0.29, 0.717) is 5.57 Å². The Bertz CT molecular complexity index is 368. The summed E-state index contributed by atoms with van der Waals surface area (Å²) in [5.74, 6) is -0.346. The molecule has 0 aliphatic rings. The van der Waals surface area contributed by atoms with Gasteiger partial charge in [-0.15, -0.1) is 0 Å². The van der Waals surface area contributed by atoms with Gasteiger partial charge in [-0.2, -0.15) is 0 Å². The zero-order chi connectivity index (χ0) is 11.4. The van der Waals surface area contributed by atoms with Crippen molar-refractivity contribution in [2.45, 2.75) is 20.0 Å². The van der Waals surface area contributed by atoms with Crippen LogP contribution >= 0.6 is 22.6 Å². The van der Waals surface area contributed by atoms with Crippen LogP contribution in [0, 0.1) is 3.57 Å². The highest BCUT2D eigenvalue weighted by molar-refractivity contribution is 14.1. The molecule has 1 atom stereocenters. The first-order valence-corrected chi connectivity index (χ1v) is 5.70. The fraction of sp³-hybridized carbons (Fsp3) is 0.250. The molecule has 0 saturated heterocycles. The van der Waals surface area contributed by atoms with Crippen molar-refractivity contribution in [3.63, 3.8) is 0 Å². The lowest BCUT2D eigenvalue weighted by Crippen LogP contribution is -2.09. The Morgan fingerprint density at radius 3 is 2.40 bits per heavy atom. The van der Waals surface area contributed by atoms with Crippen molar-refractivity contribution in [2.75, 3.05) is 0 Å². The van der Waals surface area contributed by atoms with Crippen LogP contribution in [0.5, 0.6) is 0 Å². The zero-order valence-corrected chi connectivity index (χ0v) is 10.9. The molecule has 1 unspecified atom stereocenters. The van der Waals surface area contributed by atoms with Crippen LogP contribution in [0.3, 0.4) is 0 Å². The van der Waals surface area contributed by atoms with Gasteiger partial charge in [0, 0.05) is 9.14 Å². The van der Waals surface area contributed by atoms with Crippen LogP contribution in [0.2, 0.25) is 0 Å². The molecule has 1 aromatic rings. The summed E-state index contributed by atoms with van der Waals surface area (Å²) in [5, 5.41) is 0. The van der Waals surface area contributed by atoms with Gasteiger partial charge in [0.15, 0.2) is 0 Å². The number of carbonyl (C=O) groups is 1. The van der Waals surface area contributed by atoms with Crippen LogP contribution in [0.4, 0.5) is 0 Å². The fourth-order valence-electron chi connectivity index (χ4n) is 1.06. The third kappa shape index (κ3) is 3.66. The summed E-state index contributed by atoms with van der Waals surface area (Å²) in [6.07, 6.45) is -0.230. The molecule has 0 heterocycles. The molecule has 1 aromatic carbocycles. The number of carbonyl (C=O) groups excluding carboxylic acids is 1. The van der Waals surface area contributed by atoms with E-state index in [1.165, 1.54) is 0 Å². The molecular weight excluding hydrogens is 303 g/mol. The van der Waals surface area contributed by atoms with Crippen molar-refractivity contribution in [3.05, 3.63) is 45.6 Å². The second-order valence-electron chi connectivity index (χ2n) is 3.38. The number of halogens is 1. The highest BCUT2D eigenvalue weighted by Gasteiger charge is 2.11. The van der Waals surface area contributed by atoms with Crippen molar-refractivity contribution in [1.82, 2.24) is 0 Å². The molecule has 0 bridgehead atoms. The van der Waals surface area contributed by atoms with Crippen LogP contribution in [-0.2, 0) is 9.53 Å². The minimum Gasteiger partial charge on any atom is -0.454 e. The van der Waals surface area contributed by atoms with Crippen molar-refractivity contribution < 1.29 is 9.53 Å². The highest BCUT2D eigenvalue weighted by Crippen LogP contribution is 2.18. The van der Waals surface area contributed by atoms with Crippen LogP contribution < -0.4 is 0 Å². The normalized spacial score (nSPS) is 11.9. The summed E-state index contributed by atoms with van der Waals surface area (Å²) in [6.45, 7) is 7.03. The molecule has 0 aliphatic carbocycles. The molecule has 0 amide bonds. The molecule has 1 rings (SSSR count). The van der Waals surface area contributed by atoms with Gasteiger partial charge in [-0.25, -0.2) is 4.79 Å². The van der Waals surface area contributed by atoms with Crippen molar-refractivity contribution in [1.29, 1.82) is 0 Å². The van der Waals surface area contributed by atoms with E-state index in [2.05, 4.69) is 29.2 Å². The number of hydrogen-bond acceptors (Lipinski definition) is 2. The molecule has 0 saturated carbocycles. The van der Waals surface area contributed by atoms with Crippen molar-refractivity contribution >= 4 is 28.6 Å². The molecule has 80 valence electrons. The Morgan fingerprint density at radius 1 is 1.40 bits per heavy atom. The lowest BCUT2D eigenvalue weighted by molar-refractivity contribution is -0.143. The molecule has 15 heavy (non-hydrogen) atoms. The zero-order valence-electron chi connectivity index (χ0n) is 8.79. The summed E-state index contributed by atoms with van der Waals surface area (Å²) in [5.41, 5.74) is 1.41. The van der Waals surface area contributed by atoms with Crippen molar-refractivity contribution in [2.24, 2.45) is 0 Å². The molecule has 0 aliphatic heterocycles. The lowest BCUT2D eigenvalue weighted by atomic mass is 10.1. The molecule has 0 fully saturated rings. The van der Waals surface area contributed by atoms with E-state index in [9.17, 15) is 4.79 Å². The number of rotatable bonds is 3. The van der Waals surface area contributed by atoms with Gasteiger partial charge in [-0.1, -0.05) is 18.7 Å². The smallest absolute Gasteiger partial charge is 0.333 e. The average Bonchev–Trinajstić information content (AvgIpc) is 2.18. The topological polar surface area (TPSA) is 26.3 Å². The van der Waals surface area contributed by atoms with Crippen LogP contribution in [0.1, 0.15) is 25.5 Å². The van der Waals surface area contributed by atoms with Crippen LogP contribution in [0.15, 0.2) is 36.4 Å². The second-order valence-corrected chi connectivity index (χ2v) is 4.63. The third-order valence-electron chi connectivity index (χ3n) is 1.97. The van der Waals surface area contributed by atoms with Gasteiger partial charge < -0.3 is 4.74 Å². The number of benzene rings is 1. The summed E-state index contributed by atoms with van der Waals surface area (Å²) >= 11 is 2.23. The van der Waals surface area contributed by atoms with Crippen LogP contribution in [0.25, 0.3) is 0 Å². The van der Waals surface area contributed by atoms with E-state index in [-0.39, 0.29) is 12.1 Å². The molecule has 3 heteroatoms. The quantitative estimate of drug-likeness (QED) is 0.485. The first-order valence-electron chi connectivity index (χ1n) is 4.62. The van der Waals surface area contributed by atoms with Crippen LogP contribution in [-0.4, -0.2) is 5.97 Å². The molecule has 0 aromatic heterocycles. The summed E-state index contributed by atoms with van der Waals surface area (Å²) in [7, 11) is 0. The fourth-order valence-corrected chi connectivity index (χ4v) is 1.42. The predicted octanol–water partition coefficient (Wildman–Crippen LogP) is 3.47. The maximum absolute atomic E-state index is 11.3. The SMILES string of the molecule is C=C(C)C(=O)OC(C)c1ccc(I)cc1. The van der Waals surface area contributed by atoms with Gasteiger partial charge in [0.1, 0.15) is 6.10 Å². The van der Waals surface area contributed by atoms with E-state index in [1.54, 1.807) is 6.92 Å². The van der Waals surface area contributed by atoms with E-state index < -0.39 is 0 Å². The minimum absolute atomic E-state index is 0.230. The van der Waals surface area contributed by atoms with E-state index in [0.717, 1.165) is 9.13 Å². The second kappa shape index (κ2) is 5.30. The summed E-state index contributed by atoms with van der Waals surface area (Å²) < 4.78 is 6.36. The maximum Gasteiger partial charge on any atom is 0.333 e. The largest absolute Gasteiger partial charge is 0.454 e. The van der Waals surface area contributed by atoms with Gasteiger partial charge in [0.05, 0.1) is 0 Å². The van der Waals surface area contributed by atoms with Gasteiger partial charge in [0.25, 0.3) is 0 Å². The first kappa shape index (κ1) is 12.2. The number of ether oxygens (including phenoxy) is 1. The molecule has 2 nitrogen and oxygen atoms in total. The maximum atomic E-state index is 11.3. The van der Waals surface area contributed by atoms with Gasteiger partial charge in [0.2, 0.25) is 0 Å². The Balaban J connectivity index is 2.69. The first-order chi connectivity index (χ1) is 7.00. The lowest BCUT2D eigenvalue weighted by Gasteiger charge is -2.13. The third-order valence-corrected chi connectivity index (χ3v) is 2.69. The Morgan fingerprint density at radius 2 is 1.93 bits per heavy atom. The predicted molar refractivity (Wildman–Crippen MR) is 68.5 cm³/mol. The highest BCUT2D eigenvalue weighted by atomic mass is 127. The van der Waals surface area contributed by atoms with E-state index in [4.69, 9.17) is 4.74 Å². The Kier molecular flexibility index (Phi) is 4.32. The van der Waals surface area contributed by atoms with Gasteiger partial charge >= 0.3 is 5.97 Å². The Labute approximate surface area is 103 Å². The number of esters is 1. The molecular formula is C12H13IO2. The Hall–Kier alpha value is -0.840. The minimum atomic E-state index is -0.346. The summed E-state index contributed by atoms with van der Waals surface area (Å²) in [4.78, 5) is 11.3. The average molecular weight is 316 g/mol. The van der Waals surface area contributed by atoms with E-state index >= 15 is 0 Å². The molecule has 0 spiro atoms. The van der Waals surface area contributed by atoms with Crippen molar-refractivity contribution in [3.8, 4) is 0 Å². The number of hydrogen-bond donors (Lipinski definition) is 0. The van der Waals surface area contributed by atoms with E-state index in [1.807, 2.05) is 31.2 Å². The standard InChI is InChI=1S/C12H13IO2/c1-8(2)12(14)15-9(3)10-4-6-11(13)7-5-10/h4-7,9H,1H2,2-3H3. The molecule has 0 radical (unpaired) electrons. The van der Waals surface area contributed by atoms with Gasteiger partial charge in [-0.3, -0.25) is 0 Å².